The number of sulfone groups is 1. The second-order valence-corrected chi connectivity index (χ2v) is 7.72. The lowest BCUT2D eigenvalue weighted by Gasteiger charge is -2.31. The molecule has 1 heterocycles. The Balaban J connectivity index is 2.09. The molecule has 1 aliphatic carbocycles. The minimum absolute atomic E-state index is 0.119. The van der Waals surface area contributed by atoms with E-state index < -0.39 is 9.84 Å². The molecule has 0 spiro atoms. The molecule has 3 atom stereocenters. The zero-order valence-electron chi connectivity index (χ0n) is 10.9. The third-order valence-electron chi connectivity index (χ3n) is 3.92. The molecule has 1 fully saturated rings. The van der Waals surface area contributed by atoms with E-state index in [0.29, 0.717) is 6.42 Å². The first kappa shape index (κ1) is 13.6. The maximum atomic E-state index is 11.6. The zero-order chi connectivity index (χ0) is 13.3. The summed E-state index contributed by atoms with van der Waals surface area (Å²) < 4.78 is 28.5. The molecule has 1 aromatic rings. The van der Waals surface area contributed by atoms with Gasteiger partial charge in [0.05, 0.1) is 11.5 Å². The van der Waals surface area contributed by atoms with Crippen molar-refractivity contribution in [1.82, 2.24) is 0 Å². The average Bonchev–Trinajstić information content (AvgIpc) is 2.74. The molecule has 2 rings (SSSR count). The van der Waals surface area contributed by atoms with Crippen LogP contribution in [-0.2, 0) is 9.84 Å². The van der Waals surface area contributed by atoms with Gasteiger partial charge in [-0.2, -0.15) is 0 Å². The predicted octanol–water partition coefficient (Wildman–Crippen LogP) is 2.19. The number of hydrogen-bond acceptors (Lipinski definition) is 4. The molecule has 2 N–H and O–H groups in total. The summed E-state index contributed by atoms with van der Waals surface area (Å²) in [7, 11) is -2.95. The normalized spacial score (nSPS) is 27.1. The molecule has 0 amide bonds. The van der Waals surface area contributed by atoms with Crippen LogP contribution in [0, 0.1) is 12.8 Å². The van der Waals surface area contributed by atoms with E-state index in [0.717, 1.165) is 30.6 Å². The Labute approximate surface area is 108 Å². The monoisotopic (exact) mass is 271 g/mol. The van der Waals surface area contributed by atoms with Crippen LogP contribution < -0.4 is 5.73 Å². The van der Waals surface area contributed by atoms with Crippen molar-refractivity contribution >= 4 is 9.84 Å². The number of rotatable bonds is 3. The minimum atomic E-state index is -2.95. The van der Waals surface area contributed by atoms with Gasteiger partial charge in [0, 0.05) is 17.9 Å². The molecule has 18 heavy (non-hydrogen) atoms. The Morgan fingerprint density at radius 1 is 1.44 bits per heavy atom. The third kappa shape index (κ3) is 2.95. The molecule has 0 radical (unpaired) electrons. The quantitative estimate of drug-likeness (QED) is 0.914. The van der Waals surface area contributed by atoms with Crippen molar-refractivity contribution < 1.29 is 12.8 Å². The third-order valence-corrected chi connectivity index (χ3v) is 5.55. The van der Waals surface area contributed by atoms with E-state index in [1.807, 2.05) is 13.0 Å². The Hall–Kier alpha value is -0.810. The van der Waals surface area contributed by atoms with Crippen LogP contribution in [0.3, 0.4) is 0 Å². The topological polar surface area (TPSA) is 73.3 Å². The van der Waals surface area contributed by atoms with Crippen LogP contribution in [0.4, 0.5) is 0 Å². The first-order valence-electron chi connectivity index (χ1n) is 6.37. The minimum Gasteiger partial charge on any atom is -0.469 e. The van der Waals surface area contributed by atoms with Crippen molar-refractivity contribution in [2.24, 2.45) is 11.7 Å². The summed E-state index contributed by atoms with van der Waals surface area (Å²) in [6, 6.07) is 1.82. The van der Waals surface area contributed by atoms with Crippen LogP contribution in [0.15, 0.2) is 16.7 Å². The molecule has 1 aromatic heterocycles. The molecular formula is C13H21NO3S. The highest BCUT2D eigenvalue weighted by molar-refractivity contribution is 7.91. The molecule has 5 heteroatoms. The second kappa shape index (κ2) is 5.05. The molecule has 102 valence electrons. The van der Waals surface area contributed by atoms with Gasteiger partial charge in [-0.15, -0.1) is 0 Å². The van der Waals surface area contributed by atoms with E-state index >= 15 is 0 Å². The fourth-order valence-corrected chi connectivity index (χ4v) is 4.00. The van der Waals surface area contributed by atoms with Crippen molar-refractivity contribution in [3.05, 3.63) is 23.7 Å². The Kier molecular flexibility index (Phi) is 3.82. The van der Waals surface area contributed by atoms with Crippen LogP contribution >= 0.6 is 0 Å². The molecular weight excluding hydrogens is 250 g/mol. The lowest BCUT2D eigenvalue weighted by Crippen LogP contribution is -2.32. The lowest BCUT2D eigenvalue weighted by atomic mass is 9.82. The first-order chi connectivity index (χ1) is 8.38. The van der Waals surface area contributed by atoms with Crippen LogP contribution in [0.1, 0.15) is 43.0 Å². The average molecular weight is 271 g/mol. The van der Waals surface area contributed by atoms with Gasteiger partial charge in [-0.1, -0.05) is 6.42 Å². The standard InChI is InChI=1S/C13H21NO3S/c1-9-6-11(8-17-9)13(14)10-4-3-5-12(7-10)18(2,15)16/h6,8,10,12-13H,3-5,7,14H2,1-2H3. The van der Waals surface area contributed by atoms with Gasteiger partial charge in [0.2, 0.25) is 0 Å². The van der Waals surface area contributed by atoms with Gasteiger partial charge < -0.3 is 10.2 Å². The van der Waals surface area contributed by atoms with E-state index in [2.05, 4.69) is 0 Å². The molecule has 3 unspecified atom stereocenters. The highest BCUT2D eigenvalue weighted by Crippen LogP contribution is 2.35. The summed E-state index contributed by atoms with van der Waals surface area (Å²) in [5, 5.41) is -0.227. The molecule has 0 aliphatic heterocycles. The van der Waals surface area contributed by atoms with Gasteiger partial charge in [0.15, 0.2) is 0 Å². The maximum Gasteiger partial charge on any atom is 0.150 e. The summed E-state index contributed by atoms with van der Waals surface area (Å²) in [5.74, 6) is 1.08. The highest BCUT2D eigenvalue weighted by Gasteiger charge is 2.32. The number of furan rings is 1. The van der Waals surface area contributed by atoms with E-state index in [1.165, 1.54) is 6.26 Å². The van der Waals surface area contributed by atoms with Gasteiger partial charge in [0.1, 0.15) is 15.6 Å². The SMILES string of the molecule is Cc1cc(C(N)C2CCCC(S(C)(=O)=O)C2)co1. The fourth-order valence-electron chi connectivity index (χ4n) is 2.81. The second-order valence-electron chi connectivity index (χ2n) is 5.39. The Morgan fingerprint density at radius 3 is 2.72 bits per heavy atom. The van der Waals surface area contributed by atoms with E-state index in [-0.39, 0.29) is 17.2 Å². The largest absolute Gasteiger partial charge is 0.469 e. The van der Waals surface area contributed by atoms with E-state index in [4.69, 9.17) is 10.2 Å². The van der Waals surface area contributed by atoms with Crippen molar-refractivity contribution in [2.45, 2.75) is 43.9 Å². The molecule has 1 aliphatic rings. The molecule has 1 saturated carbocycles. The van der Waals surface area contributed by atoms with Crippen LogP contribution in [-0.4, -0.2) is 19.9 Å². The highest BCUT2D eigenvalue weighted by atomic mass is 32.2. The number of nitrogens with two attached hydrogens (primary N) is 1. The van der Waals surface area contributed by atoms with Gasteiger partial charge in [-0.25, -0.2) is 8.42 Å². The Bertz CT molecular complexity index is 506. The van der Waals surface area contributed by atoms with E-state index in [1.54, 1.807) is 6.26 Å². The van der Waals surface area contributed by atoms with Gasteiger partial charge in [0.25, 0.3) is 0 Å². The summed E-state index contributed by atoms with van der Waals surface area (Å²) in [4.78, 5) is 0. The zero-order valence-corrected chi connectivity index (χ0v) is 11.7. The smallest absolute Gasteiger partial charge is 0.150 e. The van der Waals surface area contributed by atoms with Crippen LogP contribution in [0.2, 0.25) is 0 Å². The van der Waals surface area contributed by atoms with Gasteiger partial charge >= 0.3 is 0 Å². The number of aryl methyl sites for hydroxylation is 1. The summed E-state index contributed by atoms with van der Waals surface area (Å²) in [6.45, 7) is 1.89. The fraction of sp³-hybridized carbons (Fsp3) is 0.692. The first-order valence-corrected chi connectivity index (χ1v) is 8.33. The van der Waals surface area contributed by atoms with Crippen LogP contribution in [0.25, 0.3) is 0 Å². The summed E-state index contributed by atoms with van der Waals surface area (Å²) in [5.41, 5.74) is 7.21. The molecule has 0 saturated heterocycles. The summed E-state index contributed by atoms with van der Waals surface area (Å²) in [6.07, 6.45) is 6.39. The number of hydrogen-bond donors (Lipinski definition) is 1. The maximum absolute atomic E-state index is 11.6. The summed E-state index contributed by atoms with van der Waals surface area (Å²) >= 11 is 0. The van der Waals surface area contributed by atoms with Crippen molar-refractivity contribution in [3.8, 4) is 0 Å². The molecule has 0 bridgehead atoms. The van der Waals surface area contributed by atoms with Crippen LogP contribution in [0.5, 0.6) is 0 Å². The molecule has 4 nitrogen and oxygen atoms in total. The van der Waals surface area contributed by atoms with Crippen molar-refractivity contribution in [2.75, 3.05) is 6.26 Å². The van der Waals surface area contributed by atoms with Gasteiger partial charge in [-0.3, -0.25) is 0 Å². The lowest BCUT2D eigenvalue weighted by molar-refractivity contribution is 0.308. The molecule has 0 aromatic carbocycles. The predicted molar refractivity (Wildman–Crippen MR) is 71.0 cm³/mol. The van der Waals surface area contributed by atoms with Crippen molar-refractivity contribution in [3.63, 3.8) is 0 Å². The van der Waals surface area contributed by atoms with E-state index in [9.17, 15) is 8.42 Å². The van der Waals surface area contributed by atoms with Gasteiger partial charge in [-0.05, 0) is 38.2 Å². The Morgan fingerprint density at radius 2 is 2.17 bits per heavy atom. The van der Waals surface area contributed by atoms with Crippen molar-refractivity contribution in [1.29, 1.82) is 0 Å².